The zero-order chi connectivity index (χ0) is 23.8. The second-order valence-corrected chi connectivity index (χ2v) is 8.65. The number of anilines is 1. The molecule has 4 aromatic rings. The van der Waals surface area contributed by atoms with Crippen molar-refractivity contribution < 1.29 is 24.2 Å². The molecule has 2 heterocycles. The summed E-state index contributed by atoms with van der Waals surface area (Å²) in [4.78, 5) is 32.6. The smallest absolute Gasteiger partial charge is 0.301 e. The van der Waals surface area contributed by atoms with Crippen LogP contribution >= 0.6 is 11.3 Å². The highest BCUT2D eigenvalue weighted by molar-refractivity contribution is 7.22. The monoisotopic (exact) mass is 472 g/mol. The second kappa shape index (κ2) is 8.64. The van der Waals surface area contributed by atoms with Crippen LogP contribution in [-0.4, -0.2) is 36.0 Å². The quantitative estimate of drug-likeness (QED) is 0.251. The number of carbonyl (C=O) groups is 2. The van der Waals surface area contributed by atoms with Crippen LogP contribution in [0.5, 0.6) is 11.5 Å². The SMILES string of the molecule is COc1cccc(C(O)=C2C(=O)C(=O)N(c3nc4ccc(OC)cc4s3)C2c2ccccc2)c1. The number of carbonyl (C=O) groups excluding carboxylic acids is 2. The van der Waals surface area contributed by atoms with Gasteiger partial charge in [0.25, 0.3) is 5.78 Å². The van der Waals surface area contributed by atoms with Crippen molar-refractivity contribution in [2.75, 3.05) is 19.1 Å². The first-order valence-electron chi connectivity index (χ1n) is 10.5. The predicted octanol–water partition coefficient (Wildman–Crippen LogP) is 4.94. The van der Waals surface area contributed by atoms with Gasteiger partial charge in [-0.2, -0.15) is 0 Å². The van der Waals surface area contributed by atoms with Crippen molar-refractivity contribution in [3.8, 4) is 11.5 Å². The number of amides is 1. The molecule has 1 atom stereocenters. The summed E-state index contributed by atoms with van der Waals surface area (Å²) in [6.07, 6.45) is 0. The molecule has 0 aliphatic carbocycles. The molecule has 5 rings (SSSR count). The Hall–Kier alpha value is -4.17. The predicted molar refractivity (Wildman–Crippen MR) is 130 cm³/mol. The second-order valence-electron chi connectivity index (χ2n) is 7.64. The highest BCUT2D eigenvalue weighted by Gasteiger charge is 2.48. The molecule has 3 aromatic carbocycles. The van der Waals surface area contributed by atoms with Crippen LogP contribution in [0.4, 0.5) is 5.13 Å². The van der Waals surface area contributed by atoms with E-state index in [-0.39, 0.29) is 11.3 Å². The maximum Gasteiger partial charge on any atom is 0.301 e. The summed E-state index contributed by atoms with van der Waals surface area (Å²) in [6, 6.07) is 20.5. The number of benzene rings is 3. The van der Waals surface area contributed by atoms with Gasteiger partial charge in [0.15, 0.2) is 5.13 Å². The summed E-state index contributed by atoms with van der Waals surface area (Å²) in [6.45, 7) is 0. The number of aliphatic hydroxyl groups is 1. The Labute approximate surface area is 199 Å². The fourth-order valence-electron chi connectivity index (χ4n) is 4.03. The minimum Gasteiger partial charge on any atom is -0.507 e. The molecule has 1 saturated heterocycles. The van der Waals surface area contributed by atoms with E-state index in [1.54, 1.807) is 43.5 Å². The van der Waals surface area contributed by atoms with Gasteiger partial charge in [-0.15, -0.1) is 0 Å². The number of aromatic nitrogens is 1. The number of ketones is 1. The number of thiazole rings is 1. The van der Waals surface area contributed by atoms with Crippen LogP contribution in [0, 0.1) is 0 Å². The summed E-state index contributed by atoms with van der Waals surface area (Å²) in [5.74, 6) is -0.594. The molecule has 1 aliphatic heterocycles. The Morgan fingerprint density at radius 3 is 2.41 bits per heavy atom. The third kappa shape index (κ3) is 3.58. The van der Waals surface area contributed by atoms with Gasteiger partial charge >= 0.3 is 5.91 Å². The van der Waals surface area contributed by atoms with Gasteiger partial charge in [-0.05, 0) is 35.9 Å². The molecule has 1 amide bonds. The third-order valence-electron chi connectivity index (χ3n) is 5.69. The Bertz CT molecular complexity index is 1440. The lowest BCUT2D eigenvalue weighted by Crippen LogP contribution is -2.29. The number of hydrogen-bond acceptors (Lipinski definition) is 7. The molecule has 0 bridgehead atoms. The van der Waals surface area contributed by atoms with Crippen molar-refractivity contribution in [3.05, 3.63) is 89.5 Å². The largest absolute Gasteiger partial charge is 0.507 e. The minimum atomic E-state index is -0.838. The van der Waals surface area contributed by atoms with E-state index in [1.165, 1.54) is 23.3 Å². The van der Waals surface area contributed by atoms with Crippen LogP contribution in [0.3, 0.4) is 0 Å². The summed E-state index contributed by atoms with van der Waals surface area (Å²) in [7, 11) is 3.10. The van der Waals surface area contributed by atoms with Crippen molar-refractivity contribution >= 4 is 44.1 Å². The van der Waals surface area contributed by atoms with Gasteiger partial charge in [0.2, 0.25) is 0 Å². The van der Waals surface area contributed by atoms with E-state index >= 15 is 0 Å². The molecule has 1 N–H and O–H groups in total. The third-order valence-corrected chi connectivity index (χ3v) is 6.71. The standard InChI is InChI=1S/C26H20N2O5S/c1-32-17-10-6-9-16(13-17)23(29)21-22(15-7-4-3-5-8-15)28(25(31)24(21)30)26-27-19-12-11-18(33-2)14-20(19)34-26/h3-14,22,29H,1-2H3. The maximum absolute atomic E-state index is 13.3. The Morgan fingerprint density at radius 1 is 0.941 bits per heavy atom. The lowest BCUT2D eigenvalue weighted by molar-refractivity contribution is -0.132. The number of aliphatic hydroxyl groups excluding tert-OH is 1. The lowest BCUT2D eigenvalue weighted by Gasteiger charge is -2.22. The fourth-order valence-corrected chi connectivity index (χ4v) is 5.05. The van der Waals surface area contributed by atoms with Gasteiger partial charge in [0.05, 0.1) is 36.1 Å². The normalized spacial score (nSPS) is 17.4. The first-order valence-corrected chi connectivity index (χ1v) is 11.3. The van der Waals surface area contributed by atoms with Crippen LogP contribution in [0.25, 0.3) is 16.0 Å². The van der Waals surface area contributed by atoms with E-state index < -0.39 is 17.7 Å². The Kier molecular flexibility index (Phi) is 5.51. The number of ether oxygens (including phenoxy) is 2. The average molecular weight is 473 g/mol. The number of Topliss-reactive ketones (excluding diaryl/α,β-unsaturated/α-hetero) is 1. The van der Waals surface area contributed by atoms with Crippen molar-refractivity contribution in [1.82, 2.24) is 4.98 Å². The molecule has 0 spiro atoms. The lowest BCUT2D eigenvalue weighted by atomic mass is 9.95. The Morgan fingerprint density at radius 2 is 1.68 bits per heavy atom. The van der Waals surface area contributed by atoms with Gasteiger partial charge in [0.1, 0.15) is 17.3 Å². The highest BCUT2D eigenvalue weighted by atomic mass is 32.1. The molecule has 8 heteroatoms. The summed E-state index contributed by atoms with van der Waals surface area (Å²) in [5, 5.41) is 11.6. The van der Waals surface area contributed by atoms with E-state index in [1.807, 2.05) is 36.4 Å². The molecule has 0 saturated carbocycles. The molecule has 1 unspecified atom stereocenters. The Balaban J connectivity index is 1.71. The molecule has 34 heavy (non-hydrogen) atoms. The summed E-state index contributed by atoms with van der Waals surface area (Å²) >= 11 is 1.28. The highest BCUT2D eigenvalue weighted by Crippen LogP contribution is 2.44. The van der Waals surface area contributed by atoms with Crippen LogP contribution in [0.1, 0.15) is 17.2 Å². The summed E-state index contributed by atoms with van der Waals surface area (Å²) in [5.41, 5.74) is 1.75. The van der Waals surface area contributed by atoms with Crippen molar-refractivity contribution in [1.29, 1.82) is 0 Å². The first kappa shape index (κ1) is 21.7. The molecule has 7 nitrogen and oxygen atoms in total. The first-order chi connectivity index (χ1) is 16.5. The molecule has 1 aromatic heterocycles. The summed E-state index contributed by atoms with van der Waals surface area (Å²) < 4.78 is 11.4. The molecular formula is C26H20N2O5S. The van der Waals surface area contributed by atoms with Crippen LogP contribution in [0.15, 0.2) is 78.4 Å². The molecule has 170 valence electrons. The number of methoxy groups -OCH3 is 2. The maximum atomic E-state index is 13.3. The molecule has 0 radical (unpaired) electrons. The fraction of sp³-hybridized carbons (Fsp3) is 0.115. The van der Waals surface area contributed by atoms with Gasteiger partial charge < -0.3 is 14.6 Å². The van der Waals surface area contributed by atoms with Crippen molar-refractivity contribution in [2.24, 2.45) is 0 Å². The van der Waals surface area contributed by atoms with E-state index in [0.29, 0.717) is 33.3 Å². The molecular weight excluding hydrogens is 452 g/mol. The molecule has 1 aliphatic rings. The van der Waals surface area contributed by atoms with Crippen LogP contribution in [-0.2, 0) is 9.59 Å². The number of hydrogen-bond donors (Lipinski definition) is 1. The van der Waals surface area contributed by atoms with Crippen LogP contribution in [0.2, 0.25) is 0 Å². The number of rotatable bonds is 5. The topological polar surface area (TPSA) is 89.0 Å². The minimum absolute atomic E-state index is 0.00119. The van der Waals surface area contributed by atoms with Crippen molar-refractivity contribution in [2.45, 2.75) is 6.04 Å². The van der Waals surface area contributed by atoms with Gasteiger partial charge in [-0.25, -0.2) is 4.98 Å². The van der Waals surface area contributed by atoms with E-state index in [0.717, 1.165) is 4.70 Å². The zero-order valence-electron chi connectivity index (χ0n) is 18.4. The van der Waals surface area contributed by atoms with Gasteiger partial charge in [-0.1, -0.05) is 53.8 Å². The van der Waals surface area contributed by atoms with Gasteiger partial charge in [-0.3, -0.25) is 14.5 Å². The van der Waals surface area contributed by atoms with E-state index in [2.05, 4.69) is 4.98 Å². The zero-order valence-corrected chi connectivity index (χ0v) is 19.2. The number of nitrogens with zero attached hydrogens (tertiary/aromatic N) is 2. The van der Waals surface area contributed by atoms with Crippen LogP contribution < -0.4 is 14.4 Å². The number of fused-ring (bicyclic) bond motifs is 1. The molecule has 1 fully saturated rings. The van der Waals surface area contributed by atoms with Crippen molar-refractivity contribution in [3.63, 3.8) is 0 Å². The van der Waals surface area contributed by atoms with E-state index in [4.69, 9.17) is 9.47 Å². The van der Waals surface area contributed by atoms with Gasteiger partial charge in [0, 0.05) is 5.56 Å². The average Bonchev–Trinajstić information content (AvgIpc) is 3.41. The van der Waals surface area contributed by atoms with E-state index in [9.17, 15) is 14.7 Å².